The van der Waals surface area contributed by atoms with E-state index in [2.05, 4.69) is 35.4 Å². The van der Waals surface area contributed by atoms with Gasteiger partial charge in [0.1, 0.15) is 5.75 Å². The first-order chi connectivity index (χ1) is 10.2. The summed E-state index contributed by atoms with van der Waals surface area (Å²) in [5, 5.41) is 3.28. The molecule has 1 heterocycles. The number of rotatable bonds is 7. The Morgan fingerprint density at radius 1 is 1.24 bits per heavy atom. The summed E-state index contributed by atoms with van der Waals surface area (Å²) >= 11 is 1.80. The molecule has 1 unspecified atom stereocenters. The van der Waals surface area contributed by atoms with Crippen LogP contribution in [0, 0.1) is 0 Å². The minimum atomic E-state index is 0.338. The second-order valence-corrected chi connectivity index (χ2v) is 5.83. The summed E-state index contributed by atoms with van der Waals surface area (Å²) in [7, 11) is 1.98. The Balaban J connectivity index is 2.17. The van der Waals surface area contributed by atoms with E-state index in [0.717, 1.165) is 11.5 Å². The lowest BCUT2D eigenvalue weighted by molar-refractivity contribution is 0.337. The van der Waals surface area contributed by atoms with E-state index >= 15 is 0 Å². The predicted octanol–water partition coefficient (Wildman–Crippen LogP) is 4.05. The average Bonchev–Trinajstić information content (AvgIpc) is 2.54. The van der Waals surface area contributed by atoms with Gasteiger partial charge in [-0.3, -0.25) is 4.98 Å². The minimum absolute atomic E-state index is 0.338. The van der Waals surface area contributed by atoms with Gasteiger partial charge in [-0.25, -0.2) is 0 Å². The lowest BCUT2D eigenvalue weighted by atomic mass is 10.1. The van der Waals surface area contributed by atoms with Crippen LogP contribution in [0.1, 0.15) is 31.0 Å². The molecular weight excluding hydrogens is 280 g/mol. The van der Waals surface area contributed by atoms with E-state index in [9.17, 15) is 0 Å². The fourth-order valence-electron chi connectivity index (χ4n) is 2.04. The monoisotopic (exact) mass is 302 g/mol. The lowest BCUT2D eigenvalue weighted by Gasteiger charge is -2.15. The highest BCUT2D eigenvalue weighted by molar-refractivity contribution is 7.98. The van der Waals surface area contributed by atoms with Crippen molar-refractivity contribution >= 4 is 11.8 Å². The van der Waals surface area contributed by atoms with Crippen LogP contribution in [0.3, 0.4) is 0 Å². The van der Waals surface area contributed by atoms with Crippen LogP contribution in [0.25, 0.3) is 0 Å². The van der Waals surface area contributed by atoms with Crippen LogP contribution in [-0.2, 0) is 5.75 Å². The maximum Gasteiger partial charge on any atom is 0.123 e. The zero-order chi connectivity index (χ0) is 15.1. The van der Waals surface area contributed by atoms with Crippen LogP contribution in [-0.4, -0.2) is 18.6 Å². The van der Waals surface area contributed by atoms with Gasteiger partial charge in [-0.2, -0.15) is 0 Å². The van der Waals surface area contributed by atoms with Crippen molar-refractivity contribution in [1.82, 2.24) is 10.3 Å². The molecule has 0 aliphatic carbocycles. The smallest absolute Gasteiger partial charge is 0.123 e. The van der Waals surface area contributed by atoms with Gasteiger partial charge in [0.2, 0.25) is 0 Å². The SMILES string of the molecule is CCOc1ccc(C(C)NC)cc1CSc1ccncc1. The van der Waals surface area contributed by atoms with Gasteiger partial charge in [-0.05, 0) is 50.7 Å². The molecule has 1 atom stereocenters. The molecule has 0 fully saturated rings. The average molecular weight is 302 g/mol. The van der Waals surface area contributed by atoms with Crippen molar-refractivity contribution in [2.75, 3.05) is 13.7 Å². The van der Waals surface area contributed by atoms with Crippen LogP contribution in [0.4, 0.5) is 0 Å². The van der Waals surface area contributed by atoms with Crippen LogP contribution in [0.5, 0.6) is 5.75 Å². The van der Waals surface area contributed by atoms with E-state index in [1.165, 1.54) is 16.0 Å². The molecule has 0 aliphatic rings. The van der Waals surface area contributed by atoms with Gasteiger partial charge >= 0.3 is 0 Å². The molecule has 0 saturated carbocycles. The third kappa shape index (κ3) is 4.48. The van der Waals surface area contributed by atoms with Gasteiger partial charge in [-0.15, -0.1) is 11.8 Å². The number of nitrogens with zero attached hydrogens (tertiary/aromatic N) is 1. The van der Waals surface area contributed by atoms with E-state index in [1.54, 1.807) is 11.8 Å². The van der Waals surface area contributed by atoms with E-state index < -0.39 is 0 Å². The number of nitrogens with one attached hydrogen (secondary N) is 1. The molecule has 112 valence electrons. The molecule has 0 amide bonds. The van der Waals surface area contributed by atoms with Gasteiger partial charge in [0, 0.05) is 34.6 Å². The van der Waals surface area contributed by atoms with E-state index in [0.29, 0.717) is 12.6 Å². The van der Waals surface area contributed by atoms with E-state index in [4.69, 9.17) is 4.74 Å². The van der Waals surface area contributed by atoms with Crippen LogP contribution >= 0.6 is 11.8 Å². The molecule has 0 radical (unpaired) electrons. The highest BCUT2D eigenvalue weighted by Gasteiger charge is 2.09. The zero-order valence-corrected chi connectivity index (χ0v) is 13.6. The fraction of sp³-hybridized carbons (Fsp3) is 0.353. The summed E-state index contributed by atoms with van der Waals surface area (Å²) in [6, 6.07) is 10.9. The standard InChI is InChI=1S/C17H22N2OS/c1-4-20-17-6-5-14(13(2)18-3)11-15(17)12-21-16-7-9-19-10-8-16/h5-11,13,18H,4,12H2,1-3H3. The number of aromatic nitrogens is 1. The van der Waals surface area contributed by atoms with Crippen molar-refractivity contribution in [3.63, 3.8) is 0 Å². The Labute approximate surface area is 131 Å². The Kier molecular flexibility index (Phi) is 6.08. The normalized spacial score (nSPS) is 12.1. The Hall–Kier alpha value is -1.52. The van der Waals surface area contributed by atoms with E-state index in [1.807, 2.05) is 38.5 Å². The van der Waals surface area contributed by atoms with Crippen LogP contribution in [0.2, 0.25) is 0 Å². The zero-order valence-electron chi connectivity index (χ0n) is 12.8. The van der Waals surface area contributed by atoms with Crippen molar-refractivity contribution in [1.29, 1.82) is 0 Å². The van der Waals surface area contributed by atoms with E-state index in [-0.39, 0.29) is 0 Å². The highest BCUT2D eigenvalue weighted by Crippen LogP contribution is 2.30. The van der Waals surface area contributed by atoms with Crippen molar-refractivity contribution in [2.45, 2.75) is 30.5 Å². The van der Waals surface area contributed by atoms with Crippen molar-refractivity contribution in [2.24, 2.45) is 0 Å². The number of hydrogen-bond donors (Lipinski definition) is 1. The molecule has 4 heteroatoms. The molecule has 3 nitrogen and oxygen atoms in total. The largest absolute Gasteiger partial charge is 0.494 e. The molecule has 2 aromatic rings. The summed E-state index contributed by atoms with van der Waals surface area (Å²) in [4.78, 5) is 5.27. The predicted molar refractivity (Wildman–Crippen MR) is 88.9 cm³/mol. The van der Waals surface area contributed by atoms with Gasteiger partial charge in [0.15, 0.2) is 0 Å². The number of hydrogen-bond acceptors (Lipinski definition) is 4. The van der Waals surface area contributed by atoms with Gasteiger partial charge in [-0.1, -0.05) is 6.07 Å². The topological polar surface area (TPSA) is 34.1 Å². The lowest BCUT2D eigenvalue weighted by Crippen LogP contribution is -2.12. The Bertz CT molecular complexity index is 560. The molecule has 0 spiro atoms. The van der Waals surface area contributed by atoms with Crippen molar-refractivity contribution in [3.05, 3.63) is 53.9 Å². The van der Waals surface area contributed by atoms with Crippen LogP contribution in [0.15, 0.2) is 47.6 Å². The summed E-state index contributed by atoms with van der Waals surface area (Å²) in [5.41, 5.74) is 2.52. The third-order valence-corrected chi connectivity index (χ3v) is 4.42. The molecule has 0 aliphatic heterocycles. The first-order valence-electron chi connectivity index (χ1n) is 7.20. The number of ether oxygens (including phenoxy) is 1. The fourth-order valence-corrected chi connectivity index (χ4v) is 2.90. The minimum Gasteiger partial charge on any atom is -0.494 e. The second kappa shape index (κ2) is 8.05. The Morgan fingerprint density at radius 3 is 2.67 bits per heavy atom. The summed E-state index contributed by atoms with van der Waals surface area (Å²) in [5.74, 6) is 1.87. The summed E-state index contributed by atoms with van der Waals surface area (Å²) in [6.07, 6.45) is 3.65. The van der Waals surface area contributed by atoms with Gasteiger partial charge in [0.05, 0.1) is 6.61 Å². The first-order valence-corrected chi connectivity index (χ1v) is 8.19. The molecule has 1 aromatic carbocycles. The molecule has 1 N–H and O–H groups in total. The van der Waals surface area contributed by atoms with Gasteiger partial charge < -0.3 is 10.1 Å². The highest BCUT2D eigenvalue weighted by atomic mass is 32.2. The Morgan fingerprint density at radius 2 is 2.00 bits per heavy atom. The first kappa shape index (κ1) is 15.9. The summed E-state index contributed by atoms with van der Waals surface area (Å²) in [6.45, 7) is 4.87. The van der Waals surface area contributed by atoms with Gasteiger partial charge in [0.25, 0.3) is 0 Å². The molecular formula is C17H22N2OS. The third-order valence-electron chi connectivity index (χ3n) is 3.36. The molecule has 2 rings (SSSR count). The molecule has 1 aromatic heterocycles. The van der Waals surface area contributed by atoms with Crippen molar-refractivity contribution < 1.29 is 4.74 Å². The molecule has 0 saturated heterocycles. The number of benzene rings is 1. The second-order valence-electron chi connectivity index (χ2n) is 4.78. The number of thioether (sulfide) groups is 1. The van der Waals surface area contributed by atoms with Crippen molar-refractivity contribution in [3.8, 4) is 5.75 Å². The number of pyridine rings is 1. The maximum absolute atomic E-state index is 5.75. The molecule has 0 bridgehead atoms. The quantitative estimate of drug-likeness (QED) is 0.782. The molecule has 21 heavy (non-hydrogen) atoms. The van der Waals surface area contributed by atoms with Crippen LogP contribution < -0.4 is 10.1 Å². The maximum atomic E-state index is 5.75. The summed E-state index contributed by atoms with van der Waals surface area (Å²) < 4.78 is 5.75.